The topological polar surface area (TPSA) is 72.6 Å². The van der Waals surface area contributed by atoms with Gasteiger partial charge in [-0.1, -0.05) is 25.0 Å². The summed E-state index contributed by atoms with van der Waals surface area (Å²) in [6, 6.07) is 7.17. The molecule has 1 saturated heterocycles. The number of hydrogen-bond acceptors (Lipinski definition) is 4. The van der Waals surface area contributed by atoms with Crippen molar-refractivity contribution in [1.82, 2.24) is 4.31 Å². The molecule has 2 N–H and O–H groups in total. The predicted octanol–water partition coefficient (Wildman–Crippen LogP) is 2.07. The third-order valence-electron chi connectivity index (χ3n) is 3.85. The second-order valence-electron chi connectivity index (χ2n) is 5.44. The second-order valence-corrected chi connectivity index (χ2v) is 7.37. The molecule has 0 amide bonds. The van der Waals surface area contributed by atoms with Gasteiger partial charge in [-0.05, 0) is 43.4 Å². The summed E-state index contributed by atoms with van der Waals surface area (Å²) in [7, 11) is -3.34. The molecule has 5 nitrogen and oxygen atoms in total. The van der Waals surface area contributed by atoms with Crippen molar-refractivity contribution in [3.05, 3.63) is 29.8 Å². The first kappa shape index (κ1) is 16.4. The van der Waals surface area contributed by atoms with Crippen LogP contribution in [0.4, 0.5) is 0 Å². The summed E-state index contributed by atoms with van der Waals surface area (Å²) in [6.07, 6.45) is 5.81. The number of aryl methyl sites for hydroxylation is 1. The molecule has 0 radical (unpaired) electrons. The van der Waals surface area contributed by atoms with E-state index >= 15 is 0 Å². The molecule has 1 aliphatic heterocycles. The van der Waals surface area contributed by atoms with Crippen molar-refractivity contribution in [3.8, 4) is 0 Å². The van der Waals surface area contributed by atoms with Gasteiger partial charge >= 0.3 is 0 Å². The summed E-state index contributed by atoms with van der Waals surface area (Å²) < 4.78 is 26.8. The number of hydrogen-bond donors (Lipinski definition) is 1. The SMILES string of the molecule is NOCCCc1ccc(S(=O)(=O)N2CCCCCC2)cc1. The third kappa shape index (κ3) is 4.51. The van der Waals surface area contributed by atoms with E-state index in [9.17, 15) is 8.42 Å². The first-order valence-electron chi connectivity index (χ1n) is 7.55. The van der Waals surface area contributed by atoms with Gasteiger partial charge in [-0.25, -0.2) is 14.3 Å². The number of sulfonamides is 1. The zero-order chi connectivity index (χ0) is 15.1. The number of rotatable bonds is 6. The van der Waals surface area contributed by atoms with E-state index < -0.39 is 10.0 Å². The van der Waals surface area contributed by atoms with Gasteiger partial charge in [0.1, 0.15) is 0 Å². The van der Waals surface area contributed by atoms with Crippen LogP contribution in [0.25, 0.3) is 0 Å². The van der Waals surface area contributed by atoms with Crippen LogP contribution in [0.5, 0.6) is 0 Å². The standard InChI is InChI=1S/C15H24N2O3S/c16-20-13-5-6-14-7-9-15(10-8-14)21(18,19)17-11-3-1-2-4-12-17/h7-10H,1-6,11-13,16H2. The quantitative estimate of drug-likeness (QED) is 0.645. The zero-order valence-electron chi connectivity index (χ0n) is 12.3. The van der Waals surface area contributed by atoms with Gasteiger partial charge in [-0.3, -0.25) is 0 Å². The molecule has 2 rings (SSSR count). The van der Waals surface area contributed by atoms with Crippen molar-refractivity contribution < 1.29 is 13.3 Å². The van der Waals surface area contributed by atoms with Gasteiger partial charge < -0.3 is 4.84 Å². The summed E-state index contributed by atoms with van der Waals surface area (Å²) in [4.78, 5) is 4.92. The number of benzene rings is 1. The minimum Gasteiger partial charge on any atom is -0.305 e. The lowest BCUT2D eigenvalue weighted by atomic mass is 10.1. The van der Waals surface area contributed by atoms with Crippen molar-refractivity contribution in [2.24, 2.45) is 5.90 Å². The average Bonchev–Trinajstić information content (AvgIpc) is 2.78. The minimum absolute atomic E-state index is 0.392. The largest absolute Gasteiger partial charge is 0.305 e. The zero-order valence-corrected chi connectivity index (χ0v) is 13.1. The highest BCUT2D eigenvalue weighted by Gasteiger charge is 2.24. The summed E-state index contributed by atoms with van der Waals surface area (Å²) in [5.41, 5.74) is 1.10. The van der Waals surface area contributed by atoms with Crippen LogP contribution in [0.1, 0.15) is 37.7 Å². The van der Waals surface area contributed by atoms with Crippen LogP contribution in [0.2, 0.25) is 0 Å². The van der Waals surface area contributed by atoms with Gasteiger partial charge in [0, 0.05) is 13.1 Å². The van der Waals surface area contributed by atoms with Crippen molar-refractivity contribution in [1.29, 1.82) is 0 Å². The molecular formula is C15H24N2O3S. The van der Waals surface area contributed by atoms with Crippen LogP contribution in [0, 0.1) is 0 Å². The van der Waals surface area contributed by atoms with Gasteiger partial charge in [0.15, 0.2) is 0 Å². The van der Waals surface area contributed by atoms with Gasteiger partial charge in [0.2, 0.25) is 10.0 Å². The lowest BCUT2D eigenvalue weighted by Gasteiger charge is -2.20. The molecule has 21 heavy (non-hydrogen) atoms. The highest BCUT2D eigenvalue weighted by atomic mass is 32.2. The molecule has 0 spiro atoms. The number of nitrogens with two attached hydrogens (primary N) is 1. The summed E-state index contributed by atoms with van der Waals surface area (Å²) in [5.74, 6) is 4.98. The van der Waals surface area contributed by atoms with E-state index in [0.29, 0.717) is 24.6 Å². The lowest BCUT2D eigenvalue weighted by molar-refractivity contribution is 0.135. The van der Waals surface area contributed by atoms with E-state index in [2.05, 4.69) is 4.84 Å². The smallest absolute Gasteiger partial charge is 0.243 e. The fourth-order valence-corrected chi connectivity index (χ4v) is 4.14. The molecule has 0 aliphatic carbocycles. The highest BCUT2D eigenvalue weighted by molar-refractivity contribution is 7.89. The van der Waals surface area contributed by atoms with E-state index in [1.54, 1.807) is 16.4 Å². The molecule has 0 bridgehead atoms. The fraction of sp³-hybridized carbons (Fsp3) is 0.600. The molecule has 0 unspecified atom stereocenters. The molecule has 118 valence electrons. The van der Waals surface area contributed by atoms with Crippen molar-refractivity contribution in [2.45, 2.75) is 43.4 Å². The van der Waals surface area contributed by atoms with Crippen LogP contribution in [0.15, 0.2) is 29.2 Å². The van der Waals surface area contributed by atoms with Gasteiger partial charge in [0.05, 0.1) is 11.5 Å². The highest BCUT2D eigenvalue weighted by Crippen LogP contribution is 2.20. The molecule has 1 fully saturated rings. The number of nitrogens with zero attached hydrogens (tertiary/aromatic N) is 1. The Kier molecular flexibility index (Phi) is 6.17. The Morgan fingerprint density at radius 1 is 1.05 bits per heavy atom. The van der Waals surface area contributed by atoms with Crippen LogP contribution in [0.3, 0.4) is 0 Å². The predicted molar refractivity (Wildman–Crippen MR) is 82.1 cm³/mol. The Balaban J connectivity index is 2.05. The van der Waals surface area contributed by atoms with Crippen molar-refractivity contribution in [2.75, 3.05) is 19.7 Å². The maximum absolute atomic E-state index is 12.6. The van der Waals surface area contributed by atoms with E-state index in [0.717, 1.165) is 44.1 Å². The maximum atomic E-state index is 12.6. The van der Waals surface area contributed by atoms with Gasteiger partial charge in [-0.2, -0.15) is 4.31 Å². The first-order chi connectivity index (χ1) is 10.1. The normalized spacial score (nSPS) is 17.6. The Hall–Kier alpha value is -0.950. The monoisotopic (exact) mass is 312 g/mol. The maximum Gasteiger partial charge on any atom is 0.243 e. The average molecular weight is 312 g/mol. The van der Waals surface area contributed by atoms with E-state index in [1.807, 2.05) is 12.1 Å². The van der Waals surface area contributed by atoms with Crippen LogP contribution in [-0.4, -0.2) is 32.4 Å². The molecule has 0 aromatic heterocycles. The Bertz CT molecular complexity index is 520. The Morgan fingerprint density at radius 2 is 1.67 bits per heavy atom. The van der Waals surface area contributed by atoms with Gasteiger partial charge in [-0.15, -0.1) is 0 Å². The molecule has 0 atom stereocenters. The van der Waals surface area contributed by atoms with Crippen molar-refractivity contribution >= 4 is 10.0 Å². The summed E-state index contributed by atoms with van der Waals surface area (Å²) >= 11 is 0. The molecule has 6 heteroatoms. The van der Waals surface area contributed by atoms with E-state index in [-0.39, 0.29) is 0 Å². The summed E-state index contributed by atoms with van der Waals surface area (Å²) in [6.45, 7) is 1.78. The fourth-order valence-electron chi connectivity index (χ4n) is 2.62. The van der Waals surface area contributed by atoms with Crippen LogP contribution in [-0.2, 0) is 21.3 Å². The molecule has 1 heterocycles. The lowest BCUT2D eigenvalue weighted by Crippen LogP contribution is -2.31. The molecule has 0 saturated carbocycles. The van der Waals surface area contributed by atoms with E-state index in [1.165, 1.54) is 0 Å². The molecule has 1 aromatic rings. The van der Waals surface area contributed by atoms with E-state index in [4.69, 9.17) is 5.90 Å². The van der Waals surface area contributed by atoms with Gasteiger partial charge in [0.25, 0.3) is 0 Å². The van der Waals surface area contributed by atoms with Crippen LogP contribution >= 0.6 is 0 Å². The Morgan fingerprint density at radius 3 is 2.24 bits per heavy atom. The van der Waals surface area contributed by atoms with Crippen molar-refractivity contribution in [3.63, 3.8) is 0 Å². The van der Waals surface area contributed by atoms with Crippen LogP contribution < -0.4 is 5.90 Å². The Labute approximate surface area is 127 Å². The summed E-state index contributed by atoms with van der Waals surface area (Å²) in [5, 5.41) is 0. The third-order valence-corrected chi connectivity index (χ3v) is 5.77. The first-order valence-corrected chi connectivity index (χ1v) is 8.99. The molecule has 1 aromatic carbocycles. The molecule has 1 aliphatic rings. The second kappa shape index (κ2) is 7.89. The minimum atomic E-state index is -3.34. The molecular weight excluding hydrogens is 288 g/mol.